The molecule has 3 rings (SSSR count). The highest BCUT2D eigenvalue weighted by Gasteiger charge is 2.20. The standard InChI is InChI=1S/C21H21BrFN3O6S/c1-30-15-8-7-13(11-16(15)31-2)12-24-19-18(22)20(27)25-26-21(19)32-9-10-33(28,29)17-6-4-3-5-14(17)23/h3-8,11H,9-10,12H2,1-2H3,(H2,24,25,27). The van der Waals surface area contributed by atoms with Crippen LogP contribution in [-0.2, 0) is 16.4 Å². The third kappa shape index (κ3) is 5.82. The molecule has 2 N–H and O–H groups in total. The van der Waals surface area contributed by atoms with Crippen LogP contribution in [0.2, 0.25) is 0 Å². The van der Waals surface area contributed by atoms with E-state index in [1.807, 2.05) is 6.07 Å². The largest absolute Gasteiger partial charge is 0.493 e. The second-order valence-electron chi connectivity index (χ2n) is 6.69. The molecule has 0 bridgehead atoms. The van der Waals surface area contributed by atoms with Gasteiger partial charge in [-0.05, 0) is 45.8 Å². The minimum atomic E-state index is -3.92. The van der Waals surface area contributed by atoms with Crippen LogP contribution in [0.1, 0.15) is 5.56 Å². The zero-order valence-corrected chi connectivity index (χ0v) is 20.1. The van der Waals surface area contributed by atoms with Gasteiger partial charge in [0.05, 0.1) is 20.0 Å². The number of sulfone groups is 1. The monoisotopic (exact) mass is 541 g/mol. The van der Waals surface area contributed by atoms with E-state index in [0.717, 1.165) is 11.6 Å². The zero-order chi connectivity index (χ0) is 24.0. The molecule has 0 radical (unpaired) electrons. The number of aromatic amines is 1. The molecule has 0 aliphatic rings. The Labute approximate surface area is 197 Å². The molecule has 0 spiro atoms. The van der Waals surface area contributed by atoms with Crippen molar-refractivity contribution in [3.63, 3.8) is 0 Å². The Balaban J connectivity index is 1.75. The number of ether oxygens (including phenoxy) is 3. The number of anilines is 1. The molecule has 0 saturated heterocycles. The van der Waals surface area contributed by atoms with Gasteiger partial charge in [0, 0.05) is 6.54 Å². The van der Waals surface area contributed by atoms with Crippen LogP contribution in [-0.4, -0.2) is 45.2 Å². The quantitative estimate of drug-likeness (QED) is 0.401. The highest BCUT2D eigenvalue weighted by Crippen LogP contribution is 2.30. The fourth-order valence-electron chi connectivity index (χ4n) is 2.91. The number of aromatic nitrogens is 2. The Morgan fingerprint density at radius 3 is 2.55 bits per heavy atom. The van der Waals surface area contributed by atoms with Crippen LogP contribution in [0.15, 0.2) is 56.6 Å². The third-order valence-electron chi connectivity index (χ3n) is 4.57. The molecule has 0 saturated carbocycles. The van der Waals surface area contributed by atoms with E-state index in [0.29, 0.717) is 11.5 Å². The first kappa shape index (κ1) is 24.5. The first-order valence-corrected chi connectivity index (χ1v) is 12.0. The average Bonchev–Trinajstić information content (AvgIpc) is 2.80. The molecule has 12 heteroatoms. The lowest BCUT2D eigenvalue weighted by atomic mass is 10.2. The lowest BCUT2D eigenvalue weighted by molar-refractivity contribution is 0.324. The van der Waals surface area contributed by atoms with Crippen molar-refractivity contribution in [2.45, 2.75) is 11.4 Å². The van der Waals surface area contributed by atoms with Crippen molar-refractivity contribution in [1.29, 1.82) is 0 Å². The van der Waals surface area contributed by atoms with Gasteiger partial charge in [0.2, 0.25) is 0 Å². The number of nitrogens with zero attached hydrogens (tertiary/aromatic N) is 1. The summed E-state index contributed by atoms with van der Waals surface area (Å²) in [6, 6.07) is 10.4. The van der Waals surface area contributed by atoms with E-state index in [9.17, 15) is 17.6 Å². The van der Waals surface area contributed by atoms with Gasteiger partial charge in [-0.3, -0.25) is 4.79 Å². The first-order chi connectivity index (χ1) is 15.8. The van der Waals surface area contributed by atoms with Crippen molar-refractivity contribution < 1.29 is 27.0 Å². The second-order valence-corrected chi connectivity index (χ2v) is 9.56. The van der Waals surface area contributed by atoms with Crippen LogP contribution in [0.25, 0.3) is 0 Å². The minimum absolute atomic E-state index is 0.0225. The second kappa shape index (κ2) is 10.7. The normalized spacial score (nSPS) is 11.2. The number of benzene rings is 2. The van der Waals surface area contributed by atoms with Crippen molar-refractivity contribution in [2.24, 2.45) is 0 Å². The van der Waals surface area contributed by atoms with Crippen LogP contribution in [0.3, 0.4) is 0 Å². The summed E-state index contributed by atoms with van der Waals surface area (Å²) >= 11 is 3.19. The van der Waals surface area contributed by atoms with Gasteiger partial charge in [0.1, 0.15) is 27.5 Å². The number of methoxy groups -OCH3 is 2. The summed E-state index contributed by atoms with van der Waals surface area (Å²) in [6.07, 6.45) is 0. The Kier molecular flexibility index (Phi) is 7.92. The predicted octanol–water partition coefficient (Wildman–Crippen LogP) is 3.15. The lowest BCUT2D eigenvalue weighted by Gasteiger charge is -2.14. The van der Waals surface area contributed by atoms with Crippen molar-refractivity contribution in [3.8, 4) is 17.4 Å². The molecule has 1 aromatic heterocycles. The summed E-state index contributed by atoms with van der Waals surface area (Å²) in [5.41, 5.74) is 0.542. The molecule has 33 heavy (non-hydrogen) atoms. The average molecular weight is 542 g/mol. The highest BCUT2D eigenvalue weighted by atomic mass is 79.9. The van der Waals surface area contributed by atoms with Crippen molar-refractivity contribution >= 4 is 31.5 Å². The van der Waals surface area contributed by atoms with Gasteiger partial charge in [-0.25, -0.2) is 17.9 Å². The predicted molar refractivity (Wildman–Crippen MR) is 123 cm³/mol. The molecule has 1 heterocycles. The van der Waals surface area contributed by atoms with Gasteiger partial charge in [-0.15, -0.1) is 5.10 Å². The molecular formula is C21H21BrFN3O6S. The van der Waals surface area contributed by atoms with Crippen LogP contribution in [0.4, 0.5) is 10.1 Å². The molecule has 3 aromatic rings. The summed E-state index contributed by atoms with van der Waals surface area (Å²) in [5, 5.41) is 9.18. The molecule has 0 atom stereocenters. The SMILES string of the molecule is COc1ccc(CNc2c(OCCS(=O)(=O)c3ccccc3F)n[nH]c(=O)c2Br)cc1OC. The maximum atomic E-state index is 13.9. The third-order valence-corrected chi connectivity index (χ3v) is 7.03. The van der Waals surface area contributed by atoms with E-state index >= 15 is 0 Å². The minimum Gasteiger partial charge on any atom is -0.493 e. The van der Waals surface area contributed by atoms with Crippen LogP contribution < -0.4 is 25.1 Å². The Bertz CT molecular complexity index is 1300. The van der Waals surface area contributed by atoms with E-state index in [1.54, 1.807) is 12.1 Å². The lowest BCUT2D eigenvalue weighted by Crippen LogP contribution is -2.19. The topological polar surface area (TPSA) is 120 Å². The molecule has 0 amide bonds. The van der Waals surface area contributed by atoms with Crippen LogP contribution >= 0.6 is 15.9 Å². The number of nitrogens with one attached hydrogen (secondary N) is 2. The summed E-state index contributed by atoms with van der Waals surface area (Å²) in [4.78, 5) is 11.6. The first-order valence-electron chi connectivity index (χ1n) is 9.60. The maximum Gasteiger partial charge on any atom is 0.280 e. The molecule has 0 aliphatic carbocycles. The van der Waals surface area contributed by atoms with E-state index < -0.39 is 31.9 Å². The molecule has 0 fully saturated rings. The van der Waals surface area contributed by atoms with Gasteiger partial charge in [-0.2, -0.15) is 0 Å². The van der Waals surface area contributed by atoms with Crippen molar-refractivity contribution in [2.75, 3.05) is 31.9 Å². The van der Waals surface area contributed by atoms with Gasteiger partial charge in [-0.1, -0.05) is 18.2 Å². The van der Waals surface area contributed by atoms with Crippen LogP contribution in [0, 0.1) is 5.82 Å². The highest BCUT2D eigenvalue weighted by molar-refractivity contribution is 9.10. The van der Waals surface area contributed by atoms with E-state index in [1.165, 1.54) is 32.4 Å². The fraction of sp³-hybridized carbons (Fsp3) is 0.238. The molecule has 176 valence electrons. The summed E-state index contributed by atoms with van der Waals surface area (Å²) in [7, 11) is -0.865. The number of hydrogen-bond donors (Lipinski definition) is 2. The smallest absolute Gasteiger partial charge is 0.280 e. The van der Waals surface area contributed by atoms with E-state index in [-0.39, 0.29) is 29.2 Å². The maximum absolute atomic E-state index is 13.9. The van der Waals surface area contributed by atoms with E-state index in [2.05, 4.69) is 31.4 Å². The molecule has 9 nitrogen and oxygen atoms in total. The van der Waals surface area contributed by atoms with Crippen molar-refractivity contribution in [1.82, 2.24) is 10.2 Å². The van der Waals surface area contributed by atoms with Crippen molar-refractivity contribution in [3.05, 3.63) is 68.7 Å². The van der Waals surface area contributed by atoms with Gasteiger partial charge in [0.15, 0.2) is 21.3 Å². The number of H-pyrrole nitrogens is 1. The van der Waals surface area contributed by atoms with Gasteiger partial charge < -0.3 is 19.5 Å². The Hall–Kier alpha value is -3.12. The summed E-state index contributed by atoms with van der Waals surface area (Å²) in [5.74, 6) is -0.234. The Morgan fingerprint density at radius 1 is 1.12 bits per heavy atom. The fourth-order valence-corrected chi connectivity index (χ4v) is 4.48. The van der Waals surface area contributed by atoms with Crippen LogP contribution in [0.5, 0.6) is 17.4 Å². The zero-order valence-electron chi connectivity index (χ0n) is 17.7. The number of rotatable bonds is 10. The summed E-state index contributed by atoms with van der Waals surface area (Å²) < 4.78 is 54.9. The molecular weight excluding hydrogens is 521 g/mol. The number of hydrogen-bond acceptors (Lipinski definition) is 8. The molecule has 2 aromatic carbocycles. The van der Waals surface area contributed by atoms with Gasteiger partial charge >= 0.3 is 0 Å². The van der Waals surface area contributed by atoms with E-state index in [4.69, 9.17) is 14.2 Å². The number of halogens is 2. The Morgan fingerprint density at radius 2 is 1.85 bits per heavy atom. The molecule has 0 aliphatic heterocycles. The van der Waals surface area contributed by atoms with Gasteiger partial charge in [0.25, 0.3) is 11.4 Å². The molecule has 0 unspecified atom stereocenters. The summed E-state index contributed by atoms with van der Waals surface area (Å²) in [6.45, 7) is -0.0405.